The maximum absolute atomic E-state index is 13.3. The molecule has 1 heterocycles. The van der Waals surface area contributed by atoms with Crippen molar-refractivity contribution in [2.24, 2.45) is 0 Å². The molecule has 4 heteroatoms. The first-order valence-electron chi connectivity index (χ1n) is 7.33. The zero-order valence-electron chi connectivity index (χ0n) is 11.7. The van der Waals surface area contributed by atoms with Gasteiger partial charge in [0.2, 0.25) is 0 Å². The number of benzene rings is 2. The van der Waals surface area contributed by atoms with E-state index in [4.69, 9.17) is 11.1 Å². The van der Waals surface area contributed by atoms with Crippen molar-refractivity contribution < 1.29 is 8.78 Å². The highest BCUT2D eigenvalue weighted by Gasteiger charge is 2.21. The molecule has 0 bridgehead atoms. The summed E-state index contributed by atoms with van der Waals surface area (Å²) < 4.78 is 26.3. The van der Waals surface area contributed by atoms with Crippen LogP contribution in [0.5, 0.6) is 0 Å². The van der Waals surface area contributed by atoms with E-state index in [0.29, 0.717) is 11.5 Å². The van der Waals surface area contributed by atoms with Crippen molar-refractivity contribution in [3.8, 4) is 11.1 Å². The summed E-state index contributed by atoms with van der Waals surface area (Å²) in [5.41, 5.74) is 2.95. The third kappa shape index (κ3) is 3.35. The number of hydrogen-bond donors (Lipinski definition) is 0. The van der Waals surface area contributed by atoms with Crippen LogP contribution in [0, 0.1) is 11.6 Å². The molecule has 110 valence electrons. The van der Waals surface area contributed by atoms with Crippen LogP contribution in [0.2, 0.25) is 12.1 Å². The lowest BCUT2D eigenvalue weighted by Crippen LogP contribution is -2.14. The Morgan fingerprint density at radius 1 is 0.857 bits per heavy atom. The molecule has 1 aliphatic rings. The van der Waals surface area contributed by atoms with E-state index in [1.165, 1.54) is 42.6 Å². The third-order valence-electron chi connectivity index (χ3n) is 4.29. The zero-order chi connectivity index (χ0) is 14.8. The highest BCUT2D eigenvalue weighted by Crippen LogP contribution is 2.35. The molecule has 1 saturated heterocycles. The SMILES string of the molecule is Fc1ccc(-c2ccc(C3CC[SiH](Cl)CC3)cc2)cc1F. The molecule has 1 fully saturated rings. The van der Waals surface area contributed by atoms with Crippen molar-refractivity contribution in [3.05, 3.63) is 59.7 Å². The normalized spacial score (nSPS) is 22.2. The molecule has 2 aromatic carbocycles. The average molecular weight is 323 g/mol. The van der Waals surface area contributed by atoms with Crippen molar-refractivity contribution in [1.82, 2.24) is 0 Å². The van der Waals surface area contributed by atoms with Gasteiger partial charge in [-0.05, 0) is 59.7 Å². The van der Waals surface area contributed by atoms with E-state index < -0.39 is 19.7 Å². The van der Waals surface area contributed by atoms with E-state index in [-0.39, 0.29) is 0 Å². The summed E-state index contributed by atoms with van der Waals surface area (Å²) >= 11 is 6.27. The smallest absolute Gasteiger partial charge is 0.159 e. The summed E-state index contributed by atoms with van der Waals surface area (Å²) in [6.07, 6.45) is 2.37. The third-order valence-corrected chi connectivity index (χ3v) is 7.52. The van der Waals surface area contributed by atoms with Crippen molar-refractivity contribution in [1.29, 1.82) is 0 Å². The average Bonchev–Trinajstić information content (AvgIpc) is 2.51. The lowest BCUT2D eigenvalue weighted by atomic mass is 9.92. The van der Waals surface area contributed by atoms with Gasteiger partial charge in [0.1, 0.15) is 8.11 Å². The molecule has 1 aliphatic heterocycles. The van der Waals surface area contributed by atoms with E-state index in [1.807, 2.05) is 12.1 Å². The molecule has 0 amide bonds. The van der Waals surface area contributed by atoms with Gasteiger partial charge < -0.3 is 0 Å². The summed E-state index contributed by atoms with van der Waals surface area (Å²) in [4.78, 5) is 0. The molecule has 0 N–H and O–H groups in total. The molecule has 0 spiro atoms. The van der Waals surface area contributed by atoms with Crippen LogP contribution in [0.15, 0.2) is 42.5 Å². The molecule has 0 atom stereocenters. The second kappa shape index (κ2) is 6.28. The monoisotopic (exact) mass is 322 g/mol. The Hall–Kier alpha value is -1.19. The van der Waals surface area contributed by atoms with Gasteiger partial charge in [-0.1, -0.05) is 30.3 Å². The van der Waals surface area contributed by atoms with Gasteiger partial charge in [0.25, 0.3) is 0 Å². The largest absolute Gasteiger partial charge is 0.204 e. The van der Waals surface area contributed by atoms with E-state index in [0.717, 1.165) is 5.56 Å². The predicted octanol–water partition coefficient (Wildman–Crippen LogP) is 5.47. The topological polar surface area (TPSA) is 0 Å². The maximum Gasteiger partial charge on any atom is 0.159 e. The first-order valence-corrected chi connectivity index (χ1v) is 10.7. The fourth-order valence-electron chi connectivity index (χ4n) is 3.01. The molecule has 0 aromatic heterocycles. The second-order valence-corrected chi connectivity index (χ2v) is 9.90. The Morgan fingerprint density at radius 2 is 1.48 bits per heavy atom. The van der Waals surface area contributed by atoms with Crippen LogP contribution < -0.4 is 0 Å². The Kier molecular flexibility index (Phi) is 4.41. The van der Waals surface area contributed by atoms with Gasteiger partial charge in [-0.25, -0.2) is 8.78 Å². The highest BCUT2D eigenvalue weighted by atomic mass is 35.6. The van der Waals surface area contributed by atoms with Gasteiger partial charge in [-0.2, -0.15) is 11.1 Å². The fourth-order valence-corrected chi connectivity index (χ4v) is 5.58. The second-order valence-electron chi connectivity index (χ2n) is 5.70. The van der Waals surface area contributed by atoms with Gasteiger partial charge in [0.05, 0.1) is 0 Å². The minimum atomic E-state index is -0.931. The lowest BCUT2D eigenvalue weighted by molar-refractivity contribution is 0.509. The predicted molar refractivity (Wildman–Crippen MR) is 86.4 cm³/mol. The molecular formula is C17H17ClF2Si. The summed E-state index contributed by atoms with van der Waals surface area (Å²) in [7, 11) is -0.931. The summed E-state index contributed by atoms with van der Waals surface area (Å²) in [5, 5.41) is 0. The minimum Gasteiger partial charge on any atom is -0.204 e. The molecule has 0 nitrogen and oxygen atoms in total. The Bertz CT molecular complexity index is 619. The molecule has 0 unspecified atom stereocenters. The van der Waals surface area contributed by atoms with Gasteiger partial charge in [-0.3, -0.25) is 0 Å². The van der Waals surface area contributed by atoms with E-state index in [2.05, 4.69) is 12.1 Å². The first kappa shape index (κ1) is 14.7. The van der Waals surface area contributed by atoms with E-state index >= 15 is 0 Å². The zero-order valence-corrected chi connectivity index (χ0v) is 13.6. The van der Waals surface area contributed by atoms with Gasteiger partial charge in [-0.15, -0.1) is 0 Å². The molecule has 0 saturated carbocycles. The van der Waals surface area contributed by atoms with Crippen LogP contribution in [0.1, 0.15) is 24.3 Å². The van der Waals surface area contributed by atoms with Crippen LogP contribution in [0.4, 0.5) is 8.78 Å². The first-order chi connectivity index (χ1) is 10.1. The van der Waals surface area contributed by atoms with Crippen molar-refractivity contribution in [2.75, 3.05) is 0 Å². The van der Waals surface area contributed by atoms with E-state index in [1.54, 1.807) is 6.07 Å². The summed E-state index contributed by atoms with van der Waals surface area (Å²) in [5.74, 6) is -1.01. The number of halogens is 3. The Morgan fingerprint density at radius 3 is 2.10 bits per heavy atom. The van der Waals surface area contributed by atoms with E-state index in [9.17, 15) is 8.78 Å². The van der Waals surface area contributed by atoms with Crippen molar-refractivity contribution in [3.63, 3.8) is 0 Å². The molecule has 2 aromatic rings. The Labute approximate surface area is 130 Å². The fraction of sp³-hybridized carbons (Fsp3) is 0.294. The van der Waals surface area contributed by atoms with Crippen LogP contribution >= 0.6 is 11.1 Å². The van der Waals surface area contributed by atoms with Gasteiger partial charge >= 0.3 is 0 Å². The maximum atomic E-state index is 13.3. The standard InChI is InChI=1S/C17H17ClF2Si/c18-21-9-7-14(8-10-21)12-1-3-13(4-2-12)15-5-6-16(19)17(20)11-15/h1-6,11,14,21H,7-10H2. The number of rotatable bonds is 2. The van der Waals surface area contributed by atoms with Gasteiger partial charge in [0.15, 0.2) is 11.6 Å². The highest BCUT2D eigenvalue weighted by molar-refractivity contribution is 7.07. The Balaban J connectivity index is 1.79. The van der Waals surface area contributed by atoms with Crippen molar-refractivity contribution >= 4 is 19.2 Å². The van der Waals surface area contributed by atoms with Crippen LogP contribution in [0.3, 0.4) is 0 Å². The van der Waals surface area contributed by atoms with Crippen molar-refractivity contribution in [2.45, 2.75) is 30.8 Å². The lowest BCUT2D eigenvalue weighted by Gasteiger charge is -2.24. The van der Waals surface area contributed by atoms with Crippen LogP contribution in [-0.4, -0.2) is 8.11 Å². The quantitative estimate of drug-likeness (QED) is 0.508. The van der Waals surface area contributed by atoms with Gasteiger partial charge in [0, 0.05) is 0 Å². The molecule has 0 radical (unpaired) electrons. The van der Waals surface area contributed by atoms with Crippen LogP contribution in [-0.2, 0) is 0 Å². The molecule has 21 heavy (non-hydrogen) atoms. The summed E-state index contributed by atoms with van der Waals surface area (Å²) in [6, 6.07) is 14.6. The number of hydrogen-bond acceptors (Lipinski definition) is 0. The molecule has 3 rings (SSSR count). The minimum absolute atomic E-state index is 0.603. The van der Waals surface area contributed by atoms with Crippen LogP contribution in [0.25, 0.3) is 11.1 Å². The summed E-state index contributed by atoms with van der Waals surface area (Å²) in [6.45, 7) is 0. The molecule has 0 aliphatic carbocycles. The molecular weight excluding hydrogens is 306 g/mol.